The minimum Gasteiger partial charge on any atom is -0.377 e. The topological polar surface area (TPSA) is 114 Å². The summed E-state index contributed by atoms with van der Waals surface area (Å²) in [7, 11) is -3.32. The van der Waals surface area contributed by atoms with Gasteiger partial charge in [0.25, 0.3) is 0 Å². The summed E-state index contributed by atoms with van der Waals surface area (Å²) in [6.45, 7) is 7.25. The van der Waals surface area contributed by atoms with Crippen LogP contribution in [0.4, 0.5) is 16.3 Å². The van der Waals surface area contributed by atoms with Crippen molar-refractivity contribution in [1.29, 1.82) is 0 Å². The zero-order chi connectivity index (χ0) is 23.6. The number of urea groups is 1. The van der Waals surface area contributed by atoms with E-state index >= 15 is 0 Å². The predicted molar refractivity (Wildman–Crippen MR) is 128 cm³/mol. The lowest BCUT2D eigenvalue weighted by Gasteiger charge is -2.34. The Morgan fingerprint density at radius 2 is 1.94 bits per heavy atom. The van der Waals surface area contributed by atoms with Gasteiger partial charge in [0.05, 0.1) is 36.0 Å². The Labute approximate surface area is 194 Å². The van der Waals surface area contributed by atoms with Gasteiger partial charge in [0.1, 0.15) is 5.82 Å². The third-order valence-corrected chi connectivity index (χ3v) is 7.94. The minimum atomic E-state index is -3.32. The summed E-state index contributed by atoms with van der Waals surface area (Å²) in [5.74, 6) is 0.997. The number of hydrogen-bond acceptors (Lipinski definition) is 7. The molecule has 1 aliphatic carbocycles. The molecule has 1 saturated carbocycles. The molecule has 0 spiro atoms. The quantitative estimate of drug-likeness (QED) is 0.635. The van der Waals surface area contributed by atoms with E-state index in [1.54, 1.807) is 32.0 Å². The average molecular weight is 474 g/mol. The van der Waals surface area contributed by atoms with E-state index in [1.165, 1.54) is 0 Å². The van der Waals surface area contributed by atoms with Gasteiger partial charge in [-0.3, -0.25) is 0 Å². The molecule has 178 valence electrons. The van der Waals surface area contributed by atoms with Crippen molar-refractivity contribution in [2.45, 2.75) is 56.7 Å². The molecule has 0 unspecified atom stereocenters. The number of carbonyl (C=O) groups is 1. The first-order chi connectivity index (χ1) is 15.7. The molecule has 1 saturated heterocycles. The SMILES string of the molecule is CC(C)S(=O)(=O)Cc1cc(N2CCOC[C@@H]2C)nc(-c2ccc(NC(=O)NC3CC3)cc2)n1. The lowest BCUT2D eigenvalue weighted by molar-refractivity contribution is 0.0985. The molecule has 2 N–H and O–H groups in total. The highest BCUT2D eigenvalue weighted by Crippen LogP contribution is 2.26. The van der Waals surface area contributed by atoms with E-state index in [2.05, 4.69) is 27.4 Å². The van der Waals surface area contributed by atoms with Gasteiger partial charge in [-0.15, -0.1) is 0 Å². The minimum absolute atomic E-state index is 0.118. The summed E-state index contributed by atoms with van der Waals surface area (Å²) >= 11 is 0. The Morgan fingerprint density at radius 1 is 1.21 bits per heavy atom. The molecule has 0 radical (unpaired) electrons. The molecule has 2 heterocycles. The van der Waals surface area contributed by atoms with Gasteiger partial charge < -0.3 is 20.3 Å². The van der Waals surface area contributed by atoms with E-state index in [1.807, 2.05) is 12.1 Å². The van der Waals surface area contributed by atoms with Crippen LogP contribution in [0.25, 0.3) is 11.4 Å². The standard InChI is InChI=1S/C23H31N5O4S/c1-15(2)33(30,31)14-20-12-21(28-10-11-32-13-16(28)3)27-22(24-20)17-4-6-18(7-5-17)25-23(29)26-19-8-9-19/h4-7,12,15-16,19H,8-11,13-14H2,1-3H3,(H2,25,26,29)/t16-/m0/s1. The van der Waals surface area contributed by atoms with E-state index in [4.69, 9.17) is 9.72 Å². The second-order valence-electron chi connectivity index (χ2n) is 8.96. The number of morpholine rings is 1. The second-order valence-corrected chi connectivity index (χ2v) is 11.5. The number of benzene rings is 1. The van der Waals surface area contributed by atoms with Crippen LogP contribution in [0.2, 0.25) is 0 Å². The number of nitrogens with zero attached hydrogens (tertiary/aromatic N) is 3. The molecule has 4 rings (SSSR count). The fourth-order valence-electron chi connectivity index (χ4n) is 3.56. The summed E-state index contributed by atoms with van der Waals surface area (Å²) in [6.07, 6.45) is 2.05. The fraction of sp³-hybridized carbons (Fsp3) is 0.522. The van der Waals surface area contributed by atoms with Crippen molar-refractivity contribution in [3.05, 3.63) is 36.0 Å². The van der Waals surface area contributed by atoms with Gasteiger partial charge in [-0.25, -0.2) is 23.2 Å². The van der Waals surface area contributed by atoms with Crippen molar-refractivity contribution in [3.63, 3.8) is 0 Å². The monoisotopic (exact) mass is 473 g/mol. The zero-order valence-corrected chi connectivity index (χ0v) is 20.1. The van der Waals surface area contributed by atoms with Gasteiger partial charge in [0, 0.05) is 29.9 Å². The fourth-order valence-corrected chi connectivity index (χ4v) is 4.45. The maximum absolute atomic E-state index is 12.6. The number of ether oxygens (including phenoxy) is 1. The smallest absolute Gasteiger partial charge is 0.319 e. The summed E-state index contributed by atoms with van der Waals surface area (Å²) in [5.41, 5.74) is 1.87. The molecular formula is C23H31N5O4S. The van der Waals surface area contributed by atoms with Crippen molar-refractivity contribution < 1.29 is 17.9 Å². The van der Waals surface area contributed by atoms with Gasteiger partial charge in [0.15, 0.2) is 15.7 Å². The number of aromatic nitrogens is 2. The van der Waals surface area contributed by atoms with Crippen LogP contribution < -0.4 is 15.5 Å². The normalized spacial score (nSPS) is 18.9. The summed E-state index contributed by atoms with van der Waals surface area (Å²) in [6, 6.07) is 9.19. The highest BCUT2D eigenvalue weighted by atomic mass is 32.2. The lowest BCUT2D eigenvalue weighted by Crippen LogP contribution is -2.44. The lowest BCUT2D eigenvalue weighted by atomic mass is 10.2. The molecular weight excluding hydrogens is 442 g/mol. The predicted octanol–water partition coefficient (Wildman–Crippen LogP) is 2.98. The third-order valence-electron chi connectivity index (χ3n) is 5.81. The molecule has 9 nitrogen and oxygen atoms in total. The second kappa shape index (κ2) is 9.64. The van der Waals surface area contributed by atoms with E-state index in [0.717, 1.165) is 18.4 Å². The molecule has 0 bridgehead atoms. The molecule has 1 atom stereocenters. The van der Waals surface area contributed by atoms with Crippen LogP contribution in [-0.4, -0.2) is 61.5 Å². The zero-order valence-electron chi connectivity index (χ0n) is 19.2. The number of amides is 2. The number of hydrogen-bond donors (Lipinski definition) is 2. The Balaban J connectivity index is 1.62. The van der Waals surface area contributed by atoms with Crippen LogP contribution in [0.15, 0.2) is 30.3 Å². The largest absolute Gasteiger partial charge is 0.377 e. The molecule has 2 amide bonds. The van der Waals surface area contributed by atoms with E-state index in [9.17, 15) is 13.2 Å². The van der Waals surface area contributed by atoms with Crippen molar-refractivity contribution in [2.75, 3.05) is 30.0 Å². The van der Waals surface area contributed by atoms with Crippen LogP contribution in [0.5, 0.6) is 0 Å². The van der Waals surface area contributed by atoms with E-state index in [0.29, 0.717) is 42.8 Å². The van der Waals surface area contributed by atoms with Gasteiger partial charge in [0.2, 0.25) is 0 Å². The van der Waals surface area contributed by atoms with Crippen LogP contribution in [0.1, 0.15) is 39.3 Å². The van der Waals surface area contributed by atoms with Crippen LogP contribution in [-0.2, 0) is 20.3 Å². The van der Waals surface area contributed by atoms with Crippen molar-refractivity contribution >= 4 is 27.4 Å². The molecule has 1 aliphatic heterocycles. The molecule has 2 aliphatic rings. The third kappa shape index (κ3) is 6.00. The Morgan fingerprint density at radius 3 is 2.58 bits per heavy atom. The highest BCUT2D eigenvalue weighted by Gasteiger charge is 2.25. The molecule has 10 heteroatoms. The molecule has 1 aromatic heterocycles. The first-order valence-electron chi connectivity index (χ1n) is 11.3. The molecule has 2 aromatic rings. The number of rotatable bonds is 7. The highest BCUT2D eigenvalue weighted by molar-refractivity contribution is 7.91. The Kier molecular flexibility index (Phi) is 6.85. The van der Waals surface area contributed by atoms with Crippen LogP contribution in [0.3, 0.4) is 0 Å². The van der Waals surface area contributed by atoms with Crippen LogP contribution in [0, 0.1) is 0 Å². The first-order valence-corrected chi connectivity index (χ1v) is 13.0. The summed E-state index contributed by atoms with van der Waals surface area (Å²) < 4.78 is 30.7. The summed E-state index contributed by atoms with van der Waals surface area (Å²) in [4.78, 5) is 23.4. The molecule has 33 heavy (non-hydrogen) atoms. The maximum Gasteiger partial charge on any atom is 0.319 e. The Bertz CT molecular complexity index is 1100. The van der Waals surface area contributed by atoms with Gasteiger partial charge in [-0.05, 0) is 57.9 Å². The van der Waals surface area contributed by atoms with Crippen molar-refractivity contribution in [1.82, 2.24) is 15.3 Å². The van der Waals surface area contributed by atoms with E-state index < -0.39 is 15.1 Å². The number of sulfone groups is 1. The number of anilines is 2. The molecule has 1 aromatic carbocycles. The Hall–Kier alpha value is -2.72. The number of carbonyl (C=O) groups excluding carboxylic acids is 1. The molecule has 2 fully saturated rings. The van der Waals surface area contributed by atoms with Crippen LogP contribution >= 0.6 is 0 Å². The first kappa shape index (κ1) is 23.4. The van der Waals surface area contributed by atoms with E-state index in [-0.39, 0.29) is 23.9 Å². The number of nitrogens with one attached hydrogen (secondary N) is 2. The van der Waals surface area contributed by atoms with Gasteiger partial charge in [-0.2, -0.15) is 0 Å². The average Bonchev–Trinajstić information content (AvgIpc) is 3.58. The van der Waals surface area contributed by atoms with Gasteiger partial charge in [-0.1, -0.05) is 0 Å². The van der Waals surface area contributed by atoms with Crippen molar-refractivity contribution in [3.8, 4) is 11.4 Å². The summed E-state index contributed by atoms with van der Waals surface area (Å²) in [5, 5.41) is 5.22. The van der Waals surface area contributed by atoms with Crippen molar-refractivity contribution in [2.24, 2.45) is 0 Å². The maximum atomic E-state index is 12.6. The van der Waals surface area contributed by atoms with Gasteiger partial charge >= 0.3 is 6.03 Å².